The highest BCUT2D eigenvalue weighted by Gasteiger charge is 2.25. The van der Waals surface area contributed by atoms with Crippen LogP contribution in [-0.4, -0.2) is 34.5 Å². The van der Waals surface area contributed by atoms with E-state index >= 15 is 0 Å². The van der Waals surface area contributed by atoms with Gasteiger partial charge in [0.25, 0.3) is 0 Å². The minimum atomic E-state index is 0.0850. The lowest BCUT2D eigenvalue weighted by Crippen LogP contribution is -2.34. The molecule has 0 fully saturated rings. The molecule has 0 aromatic heterocycles. The van der Waals surface area contributed by atoms with Crippen molar-refractivity contribution in [1.82, 2.24) is 5.32 Å². The fourth-order valence-electron chi connectivity index (χ4n) is 2.32. The van der Waals surface area contributed by atoms with E-state index in [9.17, 15) is 0 Å². The number of hydrogen-bond donors (Lipinski definition) is 1. The van der Waals surface area contributed by atoms with E-state index in [4.69, 9.17) is 14.2 Å². The Kier molecular flexibility index (Phi) is 6.12. The second-order valence-corrected chi connectivity index (χ2v) is 4.86. The first-order valence-electron chi connectivity index (χ1n) is 6.50. The summed E-state index contributed by atoms with van der Waals surface area (Å²) in [4.78, 5) is 0. The molecule has 4 heteroatoms. The molecule has 0 aliphatic carbocycles. The van der Waals surface area contributed by atoms with E-state index in [0.717, 1.165) is 17.1 Å². The topological polar surface area (TPSA) is 39.7 Å². The van der Waals surface area contributed by atoms with Gasteiger partial charge < -0.3 is 19.5 Å². The highest BCUT2D eigenvalue weighted by atomic mass is 16.5. The predicted octanol–water partition coefficient (Wildman–Crippen LogP) is 2.64. The second kappa shape index (κ2) is 7.36. The average molecular weight is 267 g/mol. The Morgan fingerprint density at radius 1 is 0.947 bits per heavy atom. The molecule has 0 radical (unpaired) electrons. The fraction of sp³-hybridized carbons (Fsp3) is 0.600. The lowest BCUT2D eigenvalue weighted by atomic mass is 9.93. The van der Waals surface area contributed by atoms with E-state index in [1.54, 1.807) is 21.3 Å². The predicted molar refractivity (Wildman–Crippen MR) is 77.0 cm³/mol. The van der Waals surface area contributed by atoms with Crippen LogP contribution in [-0.2, 0) is 4.74 Å². The van der Waals surface area contributed by atoms with Crippen molar-refractivity contribution >= 4 is 0 Å². The largest absolute Gasteiger partial charge is 0.497 e. The minimum absolute atomic E-state index is 0.0850. The Bertz CT molecular complexity index is 371. The van der Waals surface area contributed by atoms with Gasteiger partial charge in [-0.3, -0.25) is 0 Å². The number of hydrogen-bond acceptors (Lipinski definition) is 4. The molecule has 1 aromatic rings. The molecule has 0 spiro atoms. The maximum absolute atomic E-state index is 5.62. The third-order valence-corrected chi connectivity index (χ3v) is 3.30. The Hall–Kier alpha value is -1.26. The average Bonchev–Trinajstić information content (AvgIpc) is 2.43. The van der Waals surface area contributed by atoms with Crippen LogP contribution in [0.25, 0.3) is 0 Å². The van der Waals surface area contributed by atoms with Crippen LogP contribution in [0.15, 0.2) is 18.2 Å². The molecule has 0 saturated heterocycles. The second-order valence-electron chi connectivity index (χ2n) is 4.86. The summed E-state index contributed by atoms with van der Waals surface area (Å²) in [5.41, 5.74) is 1.10. The molecule has 2 atom stereocenters. The third kappa shape index (κ3) is 3.85. The summed E-state index contributed by atoms with van der Waals surface area (Å²) in [6.07, 6.45) is 0.0850. The van der Waals surface area contributed by atoms with Gasteiger partial charge >= 0.3 is 0 Å². The molecule has 1 rings (SSSR count). The first-order chi connectivity index (χ1) is 9.07. The number of benzene rings is 1. The molecule has 19 heavy (non-hydrogen) atoms. The summed E-state index contributed by atoms with van der Waals surface area (Å²) >= 11 is 0. The molecule has 2 unspecified atom stereocenters. The number of likely N-dealkylation sites (N-methyl/N-ethyl adjacent to an activating group) is 1. The minimum Gasteiger partial charge on any atom is -0.497 e. The highest BCUT2D eigenvalue weighted by molar-refractivity contribution is 5.40. The Balaban J connectivity index is 3.16. The van der Waals surface area contributed by atoms with Crippen molar-refractivity contribution in [1.29, 1.82) is 0 Å². The van der Waals surface area contributed by atoms with Gasteiger partial charge in [0.05, 0.1) is 26.4 Å². The van der Waals surface area contributed by atoms with Crippen molar-refractivity contribution < 1.29 is 14.2 Å². The van der Waals surface area contributed by atoms with Gasteiger partial charge in [-0.15, -0.1) is 0 Å². The van der Waals surface area contributed by atoms with Crippen molar-refractivity contribution in [3.05, 3.63) is 23.8 Å². The summed E-state index contributed by atoms with van der Waals surface area (Å²) in [5, 5.41) is 3.32. The first kappa shape index (κ1) is 15.8. The smallest absolute Gasteiger partial charge is 0.122 e. The molecule has 1 aromatic carbocycles. The molecule has 4 nitrogen and oxygen atoms in total. The number of rotatable bonds is 7. The molecule has 0 saturated carbocycles. The summed E-state index contributed by atoms with van der Waals surface area (Å²) in [6, 6.07) is 5.98. The van der Waals surface area contributed by atoms with Gasteiger partial charge in [0.1, 0.15) is 11.5 Å². The van der Waals surface area contributed by atoms with Gasteiger partial charge in [-0.1, -0.05) is 13.8 Å². The van der Waals surface area contributed by atoms with Crippen LogP contribution < -0.4 is 14.8 Å². The normalized spacial score (nSPS) is 14.3. The maximum Gasteiger partial charge on any atom is 0.122 e. The zero-order valence-corrected chi connectivity index (χ0v) is 12.7. The van der Waals surface area contributed by atoms with E-state index in [-0.39, 0.29) is 12.1 Å². The van der Waals surface area contributed by atoms with E-state index in [1.165, 1.54) is 0 Å². The molecular weight excluding hydrogens is 242 g/mol. The van der Waals surface area contributed by atoms with Gasteiger partial charge in [0.2, 0.25) is 0 Å². The number of methoxy groups -OCH3 is 3. The van der Waals surface area contributed by atoms with Crippen LogP contribution in [0.4, 0.5) is 0 Å². The van der Waals surface area contributed by atoms with Crippen LogP contribution in [0.2, 0.25) is 0 Å². The standard InChI is InChI=1S/C15H25NO3/c1-10(2)15(19-6)14(16-3)11-7-12(17-4)9-13(8-11)18-5/h7-10,14-16H,1-6H3. The van der Waals surface area contributed by atoms with Gasteiger partial charge in [-0.2, -0.15) is 0 Å². The van der Waals surface area contributed by atoms with Crippen LogP contribution in [0, 0.1) is 5.92 Å². The van der Waals surface area contributed by atoms with Crippen molar-refractivity contribution in [2.24, 2.45) is 5.92 Å². The molecular formula is C15H25NO3. The van der Waals surface area contributed by atoms with Crippen molar-refractivity contribution in [2.45, 2.75) is 26.0 Å². The lowest BCUT2D eigenvalue weighted by Gasteiger charge is -2.29. The van der Waals surface area contributed by atoms with E-state index < -0.39 is 0 Å². The number of nitrogens with one attached hydrogen (secondary N) is 1. The third-order valence-electron chi connectivity index (χ3n) is 3.30. The monoisotopic (exact) mass is 267 g/mol. The Morgan fingerprint density at radius 2 is 1.47 bits per heavy atom. The number of ether oxygens (including phenoxy) is 3. The fourth-order valence-corrected chi connectivity index (χ4v) is 2.32. The molecule has 0 amide bonds. The molecule has 1 N–H and O–H groups in total. The van der Waals surface area contributed by atoms with Crippen LogP contribution in [0.5, 0.6) is 11.5 Å². The zero-order valence-electron chi connectivity index (χ0n) is 12.7. The molecule has 108 valence electrons. The highest BCUT2D eigenvalue weighted by Crippen LogP contribution is 2.30. The quantitative estimate of drug-likeness (QED) is 0.824. The summed E-state index contributed by atoms with van der Waals surface area (Å²) in [6.45, 7) is 4.30. The Morgan fingerprint density at radius 3 is 1.79 bits per heavy atom. The summed E-state index contributed by atoms with van der Waals surface area (Å²) in [7, 11) is 6.99. The van der Waals surface area contributed by atoms with E-state index in [0.29, 0.717) is 5.92 Å². The first-order valence-corrected chi connectivity index (χ1v) is 6.50. The van der Waals surface area contributed by atoms with E-state index in [2.05, 4.69) is 19.2 Å². The molecule has 0 bridgehead atoms. The van der Waals surface area contributed by atoms with Crippen molar-refractivity contribution in [3.63, 3.8) is 0 Å². The van der Waals surface area contributed by atoms with Gasteiger partial charge in [0, 0.05) is 13.2 Å². The van der Waals surface area contributed by atoms with Crippen LogP contribution in [0.1, 0.15) is 25.5 Å². The zero-order chi connectivity index (χ0) is 14.4. The van der Waals surface area contributed by atoms with Crippen molar-refractivity contribution in [3.8, 4) is 11.5 Å². The van der Waals surface area contributed by atoms with Crippen molar-refractivity contribution in [2.75, 3.05) is 28.4 Å². The van der Waals surface area contributed by atoms with Gasteiger partial charge in [-0.25, -0.2) is 0 Å². The van der Waals surface area contributed by atoms with Crippen LogP contribution >= 0.6 is 0 Å². The lowest BCUT2D eigenvalue weighted by molar-refractivity contribution is 0.0347. The van der Waals surface area contributed by atoms with Gasteiger partial charge in [0.15, 0.2) is 0 Å². The van der Waals surface area contributed by atoms with Gasteiger partial charge in [-0.05, 0) is 30.7 Å². The maximum atomic E-state index is 5.62. The Labute approximate surface area is 116 Å². The summed E-state index contributed by atoms with van der Waals surface area (Å²) < 4.78 is 16.3. The molecule has 0 heterocycles. The molecule has 0 aliphatic rings. The molecule has 0 aliphatic heterocycles. The van der Waals surface area contributed by atoms with Crippen LogP contribution in [0.3, 0.4) is 0 Å². The van der Waals surface area contributed by atoms with E-state index in [1.807, 2.05) is 25.2 Å². The SMILES string of the molecule is CNC(c1cc(OC)cc(OC)c1)C(OC)C(C)C. The summed E-state index contributed by atoms with van der Waals surface area (Å²) in [5.74, 6) is 1.97.